The van der Waals surface area contributed by atoms with Crippen molar-refractivity contribution in [3.8, 4) is 0 Å². The maximum atomic E-state index is 10.2. The molecule has 0 bridgehead atoms. The first-order valence-electron chi connectivity index (χ1n) is 9.13. The van der Waals surface area contributed by atoms with E-state index in [2.05, 4.69) is 24.0 Å². The first kappa shape index (κ1) is 16.1. The van der Waals surface area contributed by atoms with Crippen molar-refractivity contribution >= 4 is 11.0 Å². The maximum absolute atomic E-state index is 10.2. The lowest BCUT2D eigenvalue weighted by atomic mass is 9.79. The first-order chi connectivity index (χ1) is 11.7. The summed E-state index contributed by atoms with van der Waals surface area (Å²) in [5, 5.41) is 11.4. The van der Waals surface area contributed by atoms with Gasteiger partial charge in [0.1, 0.15) is 11.3 Å². The number of likely N-dealkylation sites (tertiary alicyclic amines) is 1. The lowest BCUT2D eigenvalue weighted by molar-refractivity contribution is -0.0879. The van der Waals surface area contributed by atoms with Gasteiger partial charge in [0.2, 0.25) is 0 Å². The summed E-state index contributed by atoms with van der Waals surface area (Å²) >= 11 is 0. The number of hydrogen-bond acceptors (Lipinski definition) is 4. The van der Waals surface area contributed by atoms with Crippen molar-refractivity contribution in [2.45, 2.75) is 63.3 Å². The van der Waals surface area contributed by atoms with Crippen LogP contribution in [0.5, 0.6) is 0 Å². The van der Waals surface area contributed by atoms with Crippen LogP contribution >= 0.6 is 0 Å². The summed E-state index contributed by atoms with van der Waals surface area (Å²) in [5.74, 6) is 1.09. The van der Waals surface area contributed by atoms with Gasteiger partial charge in [-0.3, -0.25) is 4.90 Å². The second-order valence-electron chi connectivity index (χ2n) is 7.29. The molecule has 24 heavy (non-hydrogen) atoms. The van der Waals surface area contributed by atoms with E-state index in [9.17, 15) is 5.11 Å². The van der Waals surface area contributed by atoms with Gasteiger partial charge in [0.15, 0.2) is 0 Å². The molecule has 1 N–H and O–H groups in total. The van der Waals surface area contributed by atoms with Crippen LogP contribution < -0.4 is 0 Å². The summed E-state index contributed by atoms with van der Waals surface area (Å²) in [7, 11) is 1.83. The molecule has 2 aromatic rings. The highest BCUT2D eigenvalue weighted by atomic mass is 16.5. The average molecular weight is 329 g/mol. The topological polar surface area (TPSA) is 45.8 Å². The lowest BCUT2D eigenvalue weighted by Gasteiger charge is -2.42. The number of fused-ring (bicyclic) bond motifs is 2. The Morgan fingerprint density at radius 3 is 2.96 bits per heavy atom. The molecule has 3 unspecified atom stereocenters. The van der Waals surface area contributed by atoms with E-state index in [0.29, 0.717) is 6.04 Å². The Kier molecular flexibility index (Phi) is 4.15. The summed E-state index contributed by atoms with van der Waals surface area (Å²) in [6.45, 7) is 4.05. The van der Waals surface area contributed by atoms with Crippen LogP contribution in [0.3, 0.4) is 0 Å². The number of benzene rings is 1. The van der Waals surface area contributed by atoms with Crippen molar-refractivity contribution in [3.63, 3.8) is 0 Å². The minimum atomic E-state index is -0.203. The summed E-state index contributed by atoms with van der Waals surface area (Å²) in [5.41, 5.74) is 2.20. The molecule has 1 saturated heterocycles. The minimum Gasteiger partial charge on any atom is -0.461 e. The zero-order chi connectivity index (χ0) is 16.7. The Bertz CT molecular complexity index is 725. The van der Waals surface area contributed by atoms with Gasteiger partial charge in [-0.1, -0.05) is 25.1 Å². The Morgan fingerprint density at radius 2 is 2.17 bits per heavy atom. The highest BCUT2D eigenvalue weighted by Gasteiger charge is 2.50. The summed E-state index contributed by atoms with van der Waals surface area (Å²) in [4.78, 5) is 2.50. The van der Waals surface area contributed by atoms with Gasteiger partial charge < -0.3 is 14.3 Å². The van der Waals surface area contributed by atoms with Gasteiger partial charge in [-0.2, -0.15) is 0 Å². The van der Waals surface area contributed by atoms with Crippen molar-refractivity contribution < 1.29 is 14.3 Å². The standard InChI is InChI=1S/C20H27NO3/c1-3-17-16(15-6-4-5-7-18(15)24-17)13-21-11-10-20(23-2)9-8-14(22)12-19(20)21/h4-7,14,19,22H,3,8-13H2,1-2H3. The summed E-state index contributed by atoms with van der Waals surface area (Å²) in [6.07, 6.45) is 4.38. The molecule has 2 aliphatic rings. The SMILES string of the molecule is CCc1oc2ccccc2c1CN1CCC2(OC)CCC(O)CC12. The molecule has 3 atom stereocenters. The van der Waals surface area contributed by atoms with Crippen LogP contribution in [0.15, 0.2) is 28.7 Å². The van der Waals surface area contributed by atoms with Gasteiger partial charge in [0.05, 0.1) is 11.7 Å². The number of nitrogens with zero attached hydrogens (tertiary/aromatic N) is 1. The highest BCUT2D eigenvalue weighted by molar-refractivity contribution is 5.82. The number of hydrogen-bond donors (Lipinski definition) is 1. The number of furan rings is 1. The number of rotatable bonds is 4. The Hall–Kier alpha value is -1.36. The summed E-state index contributed by atoms with van der Waals surface area (Å²) < 4.78 is 12.0. The van der Waals surface area contributed by atoms with Crippen LogP contribution in [0.4, 0.5) is 0 Å². The van der Waals surface area contributed by atoms with Crippen LogP contribution in [0.2, 0.25) is 0 Å². The molecular weight excluding hydrogens is 302 g/mol. The Morgan fingerprint density at radius 1 is 1.33 bits per heavy atom. The summed E-state index contributed by atoms with van der Waals surface area (Å²) in [6, 6.07) is 8.60. The molecule has 4 rings (SSSR count). The highest BCUT2D eigenvalue weighted by Crippen LogP contribution is 2.43. The van der Waals surface area contributed by atoms with E-state index in [4.69, 9.17) is 9.15 Å². The molecule has 1 aliphatic heterocycles. The molecule has 4 nitrogen and oxygen atoms in total. The molecule has 130 valence electrons. The second-order valence-corrected chi connectivity index (χ2v) is 7.29. The van der Waals surface area contributed by atoms with E-state index in [1.54, 1.807) is 0 Å². The molecule has 0 spiro atoms. The maximum Gasteiger partial charge on any atom is 0.134 e. The van der Waals surface area contributed by atoms with E-state index >= 15 is 0 Å². The van der Waals surface area contributed by atoms with Crippen molar-refractivity contribution in [1.29, 1.82) is 0 Å². The average Bonchev–Trinajstić information content (AvgIpc) is 3.15. The molecule has 0 radical (unpaired) electrons. The normalized spacial score (nSPS) is 30.8. The monoisotopic (exact) mass is 329 g/mol. The number of ether oxygens (including phenoxy) is 1. The van der Waals surface area contributed by atoms with Gasteiger partial charge in [-0.25, -0.2) is 0 Å². The van der Waals surface area contributed by atoms with Crippen LogP contribution in [0, 0.1) is 0 Å². The number of aryl methyl sites for hydroxylation is 1. The van der Waals surface area contributed by atoms with Crippen LogP contribution in [0.1, 0.15) is 43.9 Å². The molecular formula is C20H27NO3. The number of para-hydroxylation sites is 1. The molecule has 2 heterocycles. The van der Waals surface area contributed by atoms with E-state index in [1.165, 1.54) is 10.9 Å². The van der Waals surface area contributed by atoms with Crippen molar-refractivity contribution in [2.75, 3.05) is 13.7 Å². The van der Waals surface area contributed by atoms with Crippen molar-refractivity contribution in [2.24, 2.45) is 0 Å². The van der Waals surface area contributed by atoms with Crippen molar-refractivity contribution in [3.05, 3.63) is 35.6 Å². The predicted molar refractivity (Wildman–Crippen MR) is 94.0 cm³/mol. The van der Waals surface area contributed by atoms with E-state index < -0.39 is 0 Å². The molecule has 4 heteroatoms. The van der Waals surface area contributed by atoms with E-state index in [-0.39, 0.29) is 11.7 Å². The third kappa shape index (κ3) is 2.48. The first-order valence-corrected chi connectivity index (χ1v) is 9.13. The van der Waals surface area contributed by atoms with Gasteiger partial charge in [0.25, 0.3) is 0 Å². The smallest absolute Gasteiger partial charge is 0.134 e. The molecule has 1 aliphatic carbocycles. The number of aliphatic hydroxyl groups excluding tert-OH is 1. The fourth-order valence-electron chi connectivity index (χ4n) is 4.77. The minimum absolute atomic E-state index is 0.0782. The molecule has 1 aromatic heterocycles. The second kappa shape index (κ2) is 6.17. The largest absolute Gasteiger partial charge is 0.461 e. The molecule has 0 amide bonds. The van der Waals surface area contributed by atoms with Crippen molar-refractivity contribution in [1.82, 2.24) is 4.90 Å². The Labute approximate surface area is 143 Å². The van der Waals surface area contributed by atoms with E-state index in [0.717, 1.165) is 56.5 Å². The van der Waals surface area contributed by atoms with E-state index in [1.807, 2.05) is 19.2 Å². The fraction of sp³-hybridized carbons (Fsp3) is 0.600. The van der Waals surface area contributed by atoms with Gasteiger partial charge in [-0.15, -0.1) is 0 Å². The van der Waals surface area contributed by atoms with Crippen LogP contribution in [-0.2, 0) is 17.7 Å². The fourth-order valence-corrected chi connectivity index (χ4v) is 4.77. The third-order valence-corrected chi connectivity index (χ3v) is 6.14. The number of methoxy groups -OCH3 is 1. The van der Waals surface area contributed by atoms with Gasteiger partial charge in [-0.05, 0) is 31.7 Å². The third-order valence-electron chi connectivity index (χ3n) is 6.14. The zero-order valence-corrected chi connectivity index (χ0v) is 14.6. The number of aliphatic hydroxyl groups is 1. The quantitative estimate of drug-likeness (QED) is 0.932. The van der Waals surface area contributed by atoms with Gasteiger partial charge >= 0.3 is 0 Å². The zero-order valence-electron chi connectivity index (χ0n) is 14.6. The van der Waals surface area contributed by atoms with Crippen LogP contribution in [0.25, 0.3) is 11.0 Å². The van der Waals surface area contributed by atoms with Gasteiger partial charge in [0, 0.05) is 43.6 Å². The molecule has 1 saturated carbocycles. The predicted octanol–water partition coefficient (Wildman–Crippen LogP) is 3.50. The molecule has 1 aromatic carbocycles. The van der Waals surface area contributed by atoms with Crippen LogP contribution in [-0.4, -0.2) is 41.4 Å². The molecule has 2 fully saturated rings. The Balaban J connectivity index is 1.66. The lowest BCUT2D eigenvalue weighted by Crippen LogP contribution is -2.51.